The van der Waals surface area contributed by atoms with Gasteiger partial charge in [-0.3, -0.25) is 4.79 Å². The highest BCUT2D eigenvalue weighted by molar-refractivity contribution is 6.01. The van der Waals surface area contributed by atoms with E-state index in [1.807, 2.05) is 37.3 Å². The molecule has 0 aliphatic carbocycles. The van der Waals surface area contributed by atoms with Gasteiger partial charge in [0.25, 0.3) is 0 Å². The highest BCUT2D eigenvalue weighted by Crippen LogP contribution is 2.17. The topological polar surface area (TPSA) is 47.6 Å². The molecule has 0 aliphatic heterocycles. The second kappa shape index (κ2) is 8.00. The van der Waals surface area contributed by atoms with Crippen molar-refractivity contribution in [2.24, 2.45) is 0 Å². The summed E-state index contributed by atoms with van der Waals surface area (Å²) in [6.45, 7) is 1.81. The summed E-state index contributed by atoms with van der Waals surface area (Å²) < 4.78 is 10.5. The lowest BCUT2D eigenvalue weighted by atomic mass is 10.2. The van der Waals surface area contributed by atoms with Crippen molar-refractivity contribution in [3.63, 3.8) is 0 Å². The maximum Gasteiger partial charge on any atom is 0.248 e. The number of hydrogen-bond donors (Lipinski definition) is 1. The first-order chi connectivity index (χ1) is 10.7. The van der Waals surface area contributed by atoms with Gasteiger partial charge < -0.3 is 14.8 Å². The first-order valence-electron chi connectivity index (χ1n) is 7.01. The third-order valence-corrected chi connectivity index (χ3v) is 2.98. The van der Waals surface area contributed by atoms with Gasteiger partial charge in [-0.2, -0.15) is 0 Å². The molecule has 22 heavy (non-hydrogen) atoms. The average molecular weight is 297 g/mol. The van der Waals surface area contributed by atoms with Gasteiger partial charge in [0.1, 0.15) is 5.75 Å². The van der Waals surface area contributed by atoms with Crippen LogP contribution in [0.25, 0.3) is 6.08 Å². The number of carbonyl (C=O) groups excluding carboxylic acids is 1. The van der Waals surface area contributed by atoms with Gasteiger partial charge in [-0.05, 0) is 42.8 Å². The van der Waals surface area contributed by atoms with Crippen molar-refractivity contribution in [3.8, 4) is 5.75 Å². The van der Waals surface area contributed by atoms with Crippen LogP contribution in [0.3, 0.4) is 0 Å². The van der Waals surface area contributed by atoms with Gasteiger partial charge in [0.15, 0.2) is 6.29 Å². The maximum absolute atomic E-state index is 11.8. The summed E-state index contributed by atoms with van der Waals surface area (Å²) in [5.41, 5.74) is 1.69. The van der Waals surface area contributed by atoms with Crippen LogP contribution in [0, 0.1) is 0 Å². The largest absolute Gasteiger partial charge is 0.465 e. The van der Waals surface area contributed by atoms with Crippen molar-refractivity contribution < 1.29 is 14.3 Å². The molecule has 0 fully saturated rings. The minimum atomic E-state index is -0.311. The first kappa shape index (κ1) is 15.8. The molecular weight excluding hydrogens is 278 g/mol. The lowest BCUT2D eigenvalue weighted by Gasteiger charge is -2.12. The van der Waals surface area contributed by atoms with Gasteiger partial charge in [-0.25, -0.2) is 0 Å². The van der Waals surface area contributed by atoms with Gasteiger partial charge in [-0.15, -0.1) is 0 Å². The van der Waals surface area contributed by atoms with Crippen LogP contribution in [-0.4, -0.2) is 19.3 Å². The van der Waals surface area contributed by atoms with E-state index >= 15 is 0 Å². The predicted molar refractivity (Wildman–Crippen MR) is 87.6 cm³/mol. The van der Waals surface area contributed by atoms with E-state index in [-0.39, 0.29) is 12.2 Å². The molecule has 2 aromatic carbocycles. The lowest BCUT2D eigenvalue weighted by molar-refractivity contribution is -0.111. The van der Waals surface area contributed by atoms with Crippen LogP contribution in [0.5, 0.6) is 5.75 Å². The molecule has 0 saturated carbocycles. The molecule has 0 spiro atoms. The summed E-state index contributed by atoms with van der Waals surface area (Å²) in [4.78, 5) is 11.8. The Morgan fingerprint density at radius 2 is 1.77 bits per heavy atom. The fraction of sp³-hybridized carbons (Fsp3) is 0.167. The van der Waals surface area contributed by atoms with E-state index in [0.717, 1.165) is 5.56 Å². The minimum Gasteiger partial charge on any atom is -0.465 e. The minimum absolute atomic E-state index is 0.178. The van der Waals surface area contributed by atoms with Crippen molar-refractivity contribution in [2.75, 3.05) is 12.4 Å². The van der Waals surface area contributed by atoms with Gasteiger partial charge in [0, 0.05) is 18.9 Å². The summed E-state index contributed by atoms with van der Waals surface area (Å²) in [6.07, 6.45) is 2.97. The van der Waals surface area contributed by atoms with Gasteiger partial charge in [-0.1, -0.05) is 30.3 Å². The van der Waals surface area contributed by atoms with Gasteiger partial charge in [0.05, 0.1) is 0 Å². The zero-order valence-electron chi connectivity index (χ0n) is 12.7. The monoisotopic (exact) mass is 297 g/mol. The Hall–Kier alpha value is -2.59. The van der Waals surface area contributed by atoms with E-state index < -0.39 is 0 Å². The van der Waals surface area contributed by atoms with Crippen molar-refractivity contribution in [3.05, 3.63) is 66.2 Å². The average Bonchev–Trinajstić information content (AvgIpc) is 2.55. The Labute approximate surface area is 130 Å². The Balaban J connectivity index is 1.90. The molecule has 1 amide bonds. The summed E-state index contributed by atoms with van der Waals surface area (Å²) in [6, 6.07) is 16.8. The summed E-state index contributed by atoms with van der Waals surface area (Å²) in [5.74, 6) is 0.509. The number of ether oxygens (including phenoxy) is 2. The van der Waals surface area contributed by atoms with Crippen LogP contribution in [0.2, 0.25) is 0 Å². The highest BCUT2D eigenvalue weighted by Gasteiger charge is 2.02. The predicted octanol–water partition coefficient (Wildman–Crippen LogP) is 3.71. The molecule has 1 atom stereocenters. The highest BCUT2D eigenvalue weighted by atomic mass is 16.7. The number of anilines is 1. The Bertz CT molecular complexity index is 621. The second-order valence-electron chi connectivity index (χ2n) is 4.68. The number of rotatable bonds is 6. The van der Waals surface area contributed by atoms with E-state index in [0.29, 0.717) is 11.4 Å². The molecule has 0 bridgehead atoms. The Morgan fingerprint density at radius 1 is 1.09 bits per heavy atom. The third kappa shape index (κ3) is 5.07. The molecule has 4 heteroatoms. The molecule has 114 valence electrons. The van der Waals surface area contributed by atoms with Crippen LogP contribution >= 0.6 is 0 Å². The molecule has 4 nitrogen and oxygen atoms in total. The van der Waals surface area contributed by atoms with Crippen LogP contribution < -0.4 is 10.1 Å². The molecule has 0 saturated heterocycles. The molecule has 2 aromatic rings. The number of hydrogen-bond acceptors (Lipinski definition) is 3. The molecule has 1 N–H and O–H groups in total. The fourth-order valence-electron chi connectivity index (χ4n) is 1.78. The van der Waals surface area contributed by atoms with Crippen LogP contribution in [0.1, 0.15) is 12.5 Å². The number of nitrogens with one attached hydrogen (secondary N) is 1. The normalized spacial score (nSPS) is 12.1. The Morgan fingerprint density at radius 3 is 2.41 bits per heavy atom. The van der Waals surface area contributed by atoms with Crippen LogP contribution in [0.15, 0.2) is 60.7 Å². The van der Waals surface area contributed by atoms with Crippen molar-refractivity contribution in [1.29, 1.82) is 0 Å². The van der Waals surface area contributed by atoms with E-state index in [1.54, 1.807) is 37.5 Å². The Kier molecular flexibility index (Phi) is 5.74. The zero-order valence-corrected chi connectivity index (χ0v) is 12.7. The smallest absolute Gasteiger partial charge is 0.248 e. The lowest BCUT2D eigenvalue weighted by Crippen LogP contribution is -2.13. The van der Waals surface area contributed by atoms with Gasteiger partial charge >= 0.3 is 0 Å². The number of carbonyl (C=O) groups is 1. The molecular formula is C18H19NO3. The summed E-state index contributed by atoms with van der Waals surface area (Å²) >= 11 is 0. The number of methoxy groups -OCH3 is 1. The summed E-state index contributed by atoms with van der Waals surface area (Å²) in [7, 11) is 1.58. The van der Waals surface area contributed by atoms with Crippen LogP contribution in [0.4, 0.5) is 5.69 Å². The van der Waals surface area contributed by atoms with Crippen LogP contribution in [-0.2, 0) is 9.53 Å². The first-order valence-corrected chi connectivity index (χ1v) is 7.01. The summed E-state index contributed by atoms with van der Waals surface area (Å²) in [5, 5.41) is 2.79. The molecule has 2 rings (SSSR count). The SMILES string of the molecule is COC(C)Oc1ccc(NC(=O)C=Cc2ccccc2)cc1. The van der Waals surface area contributed by atoms with Crippen molar-refractivity contribution >= 4 is 17.7 Å². The molecule has 1 unspecified atom stereocenters. The van der Waals surface area contributed by atoms with Crippen molar-refractivity contribution in [2.45, 2.75) is 13.2 Å². The third-order valence-electron chi connectivity index (χ3n) is 2.98. The standard InChI is InChI=1S/C18H19NO3/c1-14(21-2)22-17-11-9-16(10-12-17)19-18(20)13-8-15-6-4-3-5-7-15/h3-14H,1-2H3,(H,19,20). The van der Waals surface area contributed by atoms with Gasteiger partial charge in [0.2, 0.25) is 5.91 Å². The fourth-order valence-corrected chi connectivity index (χ4v) is 1.78. The van der Waals surface area contributed by atoms with E-state index in [9.17, 15) is 4.79 Å². The van der Waals surface area contributed by atoms with E-state index in [2.05, 4.69) is 5.32 Å². The number of benzene rings is 2. The van der Waals surface area contributed by atoms with E-state index in [4.69, 9.17) is 9.47 Å². The molecule has 0 heterocycles. The molecule has 0 radical (unpaired) electrons. The second-order valence-corrected chi connectivity index (χ2v) is 4.68. The quantitative estimate of drug-likeness (QED) is 0.653. The maximum atomic E-state index is 11.8. The molecule has 0 aromatic heterocycles. The molecule has 0 aliphatic rings. The number of amides is 1. The van der Waals surface area contributed by atoms with Crippen molar-refractivity contribution in [1.82, 2.24) is 0 Å². The zero-order chi connectivity index (χ0) is 15.8. The van der Waals surface area contributed by atoms with E-state index in [1.165, 1.54) is 6.08 Å².